The molecular weight excluding hydrogens is 480 g/mol. The van der Waals surface area contributed by atoms with Crippen LogP contribution in [0.1, 0.15) is 11.7 Å². The Hall–Kier alpha value is -0.550. The van der Waals surface area contributed by atoms with Gasteiger partial charge in [-0.2, -0.15) is 0 Å². The first-order valence-corrected chi connectivity index (χ1v) is 7.95. The molecule has 1 aromatic rings. The molecule has 0 heterocycles. The lowest BCUT2D eigenvalue weighted by molar-refractivity contribution is -0.384. The van der Waals surface area contributed by atoms with E-state index in [1.807, 2.05) is 0 Å². The fourth-order valence-corrected chi connectivity index (χ4v) is 1.84. The van der Waals surface area contributed by atoms with E-state index in [9.17, 15) is 25.1 Å². The standard InChI is InChI=1S/C11H11Br3N2O5/c12-11(13,14)10(19)15-8(5-17)9(18)6-1-3-7(4-2-6)16(20)21/h1-4,8-9,17-18H,5H2,(H,15,19). The third-order valence-corrected chi connectivity index (χ3v) is 3.68. The monoisotopic (exact) mass is 488 g/mol. The number of nitrogens with one attached hydrogen (secondary N) is 1. The molecule has 116 valence electrons. The van der Waals surface area contributed by atoms with Crippen LogP contribution in [-0.4, -0.2) is 35.8 Å². The third kappa shape index (κ3) is 5.29. The lowest BCUT2D eigenvalue weighted by Gasteiger charge is -2.24. The molecule has 3 N–H and O–H groups in total. The van der Waals surface area contributed by atoms with Gasteiger partial charge in [0.25, 0.3) is 11.6 Å². The Morgan fingerprint density at radius 3 is 2.24 bits per heavy atom. The molecule has 0 aromatic heterocycles. The van der Waals surface area contributed by atoms with E-state index >= 15 is 0 Å². The summed E-state index contributed by atoms with van der Waals surface area (Å²) in [5.74, 6) is -0.553. The summed E-state index contributed by atoms with van der Waals surface area (Å²) in [6.45, 7) is -0.507. The van der Waals surface area contributed by atoms with Crippen LogP contribution in [0.5, 0.6) is 0 Å². The molecule has 21 heavy (non-hydrogen) atoms. The number of hydrogen-bond donors (Lipinski definition) is 3. The average molecular weight is 491 g/mol. The van der Waals surface area contributed by atoms with Gasteiger partial charge in [0.1, 0.15) is 6.10 Å². The van der Waals surface area contributed by atoms with E-state index in [1.54, 1.807) is 0 Å². The number of alkyl halides is 3. The summed E-state index contributed by atoms with van der Waals surface area (Å²) in [6, 6.07) is 4.23. The zero-order valence-electron chi connectivity index (χ0n) is 10.4. The lowest BCUT2D eigenvalue weighted by atomic mass is 10.0. The number of halogens is 3. The van der Waals surface area contributed by atoms with E-state index in [2.05, 4.69) is 53.1 Å². The highest BCUT2D eigenvalue weighted by Gasteiger charge is 2.32. The number of aliphatic hydroxyl groups is 2. The maximum absolute atomic E-state index is 11.7. The SMILES string of the molecule is O=C(NC(CO)C(O)c1ccc([N+](=O)[O-])cc1)C(Br)(Br)Br. The Morgan fingerprint density at radius 2 is 1.86 bits per heavy atom. The van der Waals surface area contributed by atoms with Crippen LogP contribution in [-0.2, 0) is 4.79 Å². The van der Waals surface area contributed by atoms with E-state index in [-0.39, 0.29) is 5.69 Å². The van der Waals surface area contributed by atoms with E-state index < -0.39 is 31.7 Å². The number of nitrogens with zero attached hydrogens (tertiary/aromatic N) is 1. The number of amides is 1. The molecule has 0 radical (unpaired) electrons. The minimum atomic E-state index is -1.21. The third-order valence-electron chi connectivity index (χ3n) is 2.60. The van der Waals surface area contributed by atoms with Crippen molar-refractivity contribution in [2.75, 3.05) is 6.61 Å². The van der Waals surface area contributed by atoms with Crippen molar-refractivity contribution in [3.8, 4) is 0 Å². The Balaban J connectivity index is 2.85. The minimum absolute atomic E-state index is 0.115. The number of carbonyl (C=O) groups excluding carboxylic acids is 1. The number of carbonyl (C=O) groups is 1. The largest absolute Gasteiger partial charge is 0.394 e. The van der Waals surface area contributed by atoms with Crippen molar-refractivity contribution < 1.29 is 19.9 Å². The number of nitro benzene ring substituents is 1. The van der Waals surface area contributed by atoms with Crippen LogP contribution in [0.2, 0.25) is 0 Å². The van der Waals surface area contributed by atoms with Crippen LogP contribution in [0.3, 0.4) is 0 Å². The van der Waals surface area contributed by atoms with Crippen LogP contribution in [0.4, 0.5) is 5.69 Å². The Labute approximate surface area is 145 Å². The summed E-state index contributed by atoms with van der Waals surface area (Å²) in [4.78, 5) is 21.7. The molecular formula is C11H11Br3N2O5. The second kappa shape index (κ2) is 7.63. The number of non-ortho nitro benzene ring substituents is 1. The maximum Gasteiger partial charge on any atom is 0.269 e. The van der Waals surface area contributed by atoms with Gasteiger partial charge in [-0.1, -0.05) is 0 Å². The molecule has 0 aliphatic heterocycles. The smallest absolute Gasteiger partial charge is 0.269 e. The van der Waals surface area contributed by atoms with Crippen molar-refractivity contribution in [3.63, 3.8) is 0 Å². The number of benzene rings is 1. The minimum Gasteiger partial charge on any atom is -0.394 e. The molecule has 0 fully saturated rings. The highest BCUT2D eigenvalue weighted by atomic mass is 80.0. The number of nitro groups is 1. The first kappa shape index (κ1) is 18.5. The van der Waals surface area contributed by atoms with Gasteiger partial charge in [-0.25, -0.2) is 0 Å². The fraction of sp³-hybridized carbons (Fsp3) is 0.364. The van der Waals surface area contributed by atoms with Crippen LogP contribution >= 0.6 is 47.8 Å². The van der Waals surface area contributed by atoms with Crippen molar-refractivity contribution in [3.05, 3.63) is 39.9 Å². The Morgan fingerprint density at radius 1 is 1.33 bits per heavy atom. The molecule has 7 nitrogen and oxygen atoms in total. The maximum atomic E-state index is 11.7. The van der Waals surface area contributed by atoms with Gasteiger partial charge in [0.05, 0.1) is 17.6 Å². The predicted molar refractivity (Wildman–Crippen MR) is 86.6 cm³/mol. The van der Waals surface area contributed by atoms with Crippen molar-refractivity contribution >= 4 is 59.4 Å². The summed E-state index contributed by atoms with van der Waals surface area (Å²) in [5.41, 5.74) is 0.222. The molecule has 0 bridgehead atoms. The van der Waals surface area contributed by atoms with Crippen molar-refractivity contribution in [1.29, 1.82) is 0 Å². The van der Waals surface area contributed by atoms with E-state index in [1.165, 1.54) is 24.3 Å². The molecule has 0 saturated heterocycles. The summed E-state index contributed by atoms with van der Waals surface area (Å²) in [7, 11) is 0. The van der Waals surface area contributed by atoms with Gasteiger partial charge in [0, 0.05) is 12.1 Å². The fourth-order valence-electron chi connectivity index (χ4n) is 1.50. The molecule has 0 aliphatic rings. The van der Waals surface area contributed by atoms with Crippen molar-refractivity contribution in [2.24, 2.45) is 0 Å². The van der Waals surface area contributed by atoms with Gasteiger partial charge in [0.2, 0.25) is 2.14 Å². The van der Waals surface area contributed by atoms with E-state index in [0.29, 0.717) is 5.56 Å². The Bertz CT molecular complexity index is 518. The highest BCUT2D eigenvalue weighted by Crippen LogP contribution is 2.34. The molecule has 0 aliphatic carbocycles. The first-order chi connectivity index (χ1) is 9.66. The van der Waals surface area contributed by atoms with Crippen molar-refractivity contribution in [2.45, 2.75) is 14.3 Å². The van der Waals surface area contributed by atoms with E-state index in [4.69, 9.17) is 0 Å². The van der Waals surface area contributed by atoms with Gasteiger partial charge < -0.3 is 15.5 Å². The molecule has 10 heteroatoms. The zero-order chi connectivity index (χ0) is 16.2. The second-order valence-corrected chi connectivity index (χ2v) is 10.8. The molecule has 2 atom stereocenters. The van der Waals surface area contributed by atoms with E-state index in [0.717, 1.165) is 0 Å². The summed E-state index contributed by atoms with van der Waals surface area (Å²) < 4.78 is -1.21. The normalized spacial score (nSPS) is 14.3. The lowest BCUT2D eigenvalue weighted by Crippen LogP contribution is -2.46. The number of hydrogen-bond acceptors (Lipinski definition) is 5. The summed E-state index contributed by atoms with van der Waals surface area (Å²) >= 11 is 9.05. The summed E-state index contributed by atoms with van der Waals surface area (Å²) in [6.07, 6.45) is -1.21. The van der Waals surface area contributed by atoms with Gasteiger partial charge in [0.15, 0.2) is 0 Å². The topological polar surface area (TPSA) is 113 Å². The van der Waals surface area contributed by atoms with Crippen LogP contribution in [0, 0.1) is 10.1 Å². The van der Waals surface area contributed by atoms with Gasteiger partial charge >= 0.3 is 0 Å². The summed E-state index contributed by atoms with van der Waals surface area (Å²) in [5, 5.41) is 32.4. The first-order valence-electron chi connectivity index (χ1n) is 5.57. The molecule has 1 aromatic carbocycles. The predicted octanol–water partition coefficient (Wildman–Crippen LogP) is 1.94. The quantitative estimate of drug-likeness (QED) is 0.332. The van der Waals surface area contributed by atoms with Gasteiger partial charge in [-0.05, 0) is 65.5 Å². The van der Waals surface area contributed by atoms with Crippen LogP contribution < -0.4 is 5.32 Å². The van der Waals surface area contributed by atoms with Gasteiger partial charge in [-0.15, -0.1) is 0 Å². The molecule has 0 spiro atoms. The zero-order valence-corrected chi connectivity index (χ0v) is 15.1. The second-order valence-electron chi connectivity index (χ2n) is 4.05. The average Bonchev–Trinajstić information content (AvgIpc) is 2.42. The van der Waals surface area contributed by atoms with Crippen LogP contribution in [0.25, 0.3) is 0 Å². The molecule has 1 rings (SSSR count). The molecule has 2 unspecified atom stereocenters. The van der Waals surface area contributed by atoms with Crippen molar-refractivity contribution in [1.82, 2.24) is 5.32 Å². The van der Waals surface area contributed by atoms with Gasteiger partial charge in [-0.3, -0.25) is 14.9 Å². The van der Waals surface area contributed by atoms with Crippen LogP contribution in [0.15, 0.2) is 24.3 Å². The highest BCUT2D eigenvalue weighted by molar-refractivity contribution is 9.40. The Kier molecular flexibility index (Phi) is 6.72. The number of aliphatic hydroxyl groups excluding tert-OH is 2. The molecule has 1 amide bonds. The molecule has 0 saturated carbocycles. The number of rotatable bonds is 5.